The number of hydrogen-bond donors (Lipinski definition) is 5. The Labute approximate surface area is 246 Å². The molecular formula is C30H56N2O9. The number of rotatable bonds is 17. The molecule has 1 heterocycles. The van der Waals surface area contributed by atoms with E-state index in [1.54, 1.807) is 6.08 Å². The van der Waals surface area contributed by atoms with Crippen molar-refractivity contribution in [2.75, 3.05) is 20.3 Å². The highest BCUT2D eigenvalue weighted by atomic mass is 16.7. The number of allylic oxidation sites excluding steroid dienone is 1. The number of hydrogen-bond acceptors (Lipinski definition) is 9. The molecule has 1 rings (SSSR count). The number of ether oxygens (including phenoxy) is 3. The summed E-state index contributed by atoms with van der Waals surface area (Å²) in [5.41, 5.74) is -0.262. The van der Waals surface area contributed by atoms with E-state index < -0.39 is 54.5 Å². The second kappa shape index (κ2) is 20.6. The summed E-state index contributed by atoms with van der Waals surface area (Å²) in [6.07, 6.45) is 4.67. The second-order valence-electron chi connectivity index (χ2n) is 11.6. The number of amides is 2. The van der Waals surface area contributed by atoms with Gasteiger partial charge in [0.25, 0.3) is 5.91 Å². The van der Waals surface area contributed by atoms with Crippen LogP contribution in [0.5, 0.6) is 0 Å². The Morgan fingerprint density at radius 3 is 2.22 bits per heavy atom. The zero-order valence-electron chi connectivity index (χ0n) is 24.9. The maximum atomic E-state index is 12.8. The van der Waals surface area contributed by atoms with Crippen LogP contribution in [0.4, 0.5) is 4.79 Å². The SMILES string of the molecule is C.CCCCCCCCCCOC(=O)OC1CCC(NC(=O)C(OC)C(O)C(O)C(O)/C=C/C(C)(C)C)C(=O)NC1. The third kappa shape index (κ3) is 16.1. The van der Waals surface area contributed by atoms with E-state index in [4.69, 9.17) is 14.2 Å². The zero-order valence-corrected chi connectivity index (χ0v) is 24.9. The molecule has 0 aromatic carbocycles. The normalized spacial score (nSPS) is 20.6. The molecule has 1 aliphatic rings. The first-order valence-corrected chi connectivity index (χ1v) is 14.6. The monoisotopic (exact) mass is 588 g/mol. The number of aliphatic hydroxyl groups is 3. The Balaban J connectivity index is 0.0000160. The van der Waals surface area contributed by atoms with Gasteiger partial charge in [0, 0.05) is 7.11 Å². The Bertz CT molecular complexity index is 784. The van der Waals surface area contributed by atoms with E-state index in [9.17, 15) is 29.7 Å². The molecule has 0 aromatic heterocycles. The minimum absolute atomic E-state index is 0. The third-order valence-electron chi connectivity index (χ3n) is 6.71. The summed E-state index contributed by atoms with van der Waals surface area (Å²) < 4.78 is 15.6. The van der Waals surface area contributed by atoms with Crippen LogP contribution in [0.25, 0.3) is 0 Å². The summed E-state index contributed by atoms with van der Waals surface area (Å²) in [5.74, 6) is -1.31. The van der Waals surface area contributed by atoms with Gasteiger partial charge in [-0.3, -0.25) is 9.59 Å². The lowest BCUT2D eigenvalue weighted by Gasteiger charge is -2.28. The van der Waals surface area contributed by atoms with Gasteiger partial charge in [0.15, 0.2) is 6.10 Å². The van der Waals surface area contributed by atoms with Crippen molar-refractivity contribution in [1.29, 1.82) is 0 Å². The van der Waals surface area contributed by atoms with Crippen LogP contribution in [0.2, 0.25) is 0 Å². The molecule has 6 unspecified atom stereocenters. The van der Waals surface area contributed by atoms with Crippen molar-refractivity contribution in [1.82, 2.24) is 10.6 Å². The van der Waals surface area contributed by atoms with Gasteiger partial charge in [-0.25, -0.2) is 4.79 Å². The molecule has 0 aromatic rings. The average Bonchev–Trinajstić information content (AvgIpc) is 3.06. The minimum Gasteiger partial charge on any atom is -0.434 e. The number of unbranched alkanes of at least 4 members (excludes halogenated alkanes) is 7. The van der Waals surface area contributed by atoms with E-state index in [2.05, 4.69) is 17.6 Å². The van der Waals surface area contributed by atoms with Gasteiger partial charge in [0.2, 0.25) is 5.91 Å². The summed E-state index contributed by atoms with van der Waals surface area (Å²) in [5, 5.41) is 36.2. The highest BCUT2D eigenvalue weighted by Gasteiger charge is 2.37. The van der Waals surface area contributed by atoms with E-state index in [0.717, 1.165) is 19.3 Å². The highest BCUT2D eigenvalue weighted by Crippen LogP contribution is 2.18. The van der Waals surface area contributed by atoms with Crippen molar-refractivity contribution >= 4 is 18.0 Å². The van der Waals surface area contributed by atoms with Gasteiger partial charge >= 0.3 is 6.16 Å². The van der Waals surface area contributed by atoms with E-state index >= 15 is 0 Å². The zero-order chi connectivity index (χ0) is 30.1. The molecule has 5 N–H and O–H groups in total. The smallest absolute Gasteiger partial charge is 0.434 e. The van der Waals surface area contributed by atoms with Crippen LogP contribution in [0.1, 0.15) is 99.3 Å². The summed E-state index contributed by atoms with van der Waals surface area (Å²) in [4.78, 5) is 37.4. The first-order chi connectivity index (χ1) is 18.9. The van der Waals surface area contributed by atoms with Gasteiger partial charge in [-0.1, -0.05) is 92.2 Å². The molecule has 0 aliphatic carbocycles. The molecular weight excluding hydrogens is 532 g/mol. The lowest BCUT2D eigenvalue weighted by Crippen LogP contribution is -2.55. The van der Waals surface area contributed by atoms with Crippen LogP contribution in [-0.4, -0.2) is 90.1 Å². The van der Waals surface area contributed by atoms with Gasteiger partial charge in [0.1, 0.15) is 30.5 Å². The largest absolute Gasteiger partial charge is 0.508 e. The highest BCUT2D eigenvalue weighted by molar-refractivity contribution is 5.89. The fourth-order valence-electron chi connectivity index (χ4n) is 4.26. The number of carbonyl (C=O) groups excluding carboxylic acids is 3. The van der Waals surface area contributed by atoms with E-state index in [-0.39, 0.29) is 38.8 Å². The minimum atomic E-state index is -1.76. The maximum absolute atomic E-state index is 12.8. The number of carbonyl (C=O) groups is 3. The molecule has 0 spiro atoms. The molecule has 1 saturated heterocycles. The van der Waals surface area contributed by atoms with Crippen molar-refractivity contribution in [3.05, 3.63) is 12.2 Å². The number of aliphatic hydroxyl groups excluding tert-OH is 3. The average molecular weight is 589 g/mol. The molecule has 11 heteroatoms. The molecule has 1 fully saturated rings. The van der Waals surface area contributed by atoms with E-state index in [1.807, 2.05) is 20.8 Å². The Morgan fingerprint density at radius 1 is 1.02 bits per heavy atom. The van der Waals surface area contributed by atoms with Crippen molar-refractivity contribution in [2.45, 2.75) is 136 Å². The molecule has 41 heavy (non-hydrogen) atoms. The van der Waals surface area contributed by atoms with Crippen molar-refractivity contribution in [2.24, 2.45) is 5.41 Å². The fourth-order valence-corrected chi connectivity index (χ4v) is 4.26. The number of methoxy groups -OCH3 is 1. The first-order valence-electron chi connectivity index (χ1n) is 14.6. The van der Waals surface area contributed by atoms with Gasteiger partial charge < -0.3 is 40.2 Å². The Morgan fingerprint density at radius 2 is 1.63 bits per heavy atom. The second-order valence-corrected chi connectivity index (χ2v) is 11.6. The maximum Gasteiger partial charge on any atom is 0.508 e. The topological polar surface area (TPSA) is 164 Å². The molecule has 240 valence electrons. The molecule has 6 atom stereocenters. The summed E-state index contributed by atoms with van der Waals surface area (Å²) >= 11 is 0. The van der Waals surface area contributed by atoms with Gasteiger partial charge in [0.05, 0.1) is 13.2 Å². The molecule has 1 aliphatic heterocycles. The molecule has 0 saturated carbocycles. The molecule has 11 nitrogen and oxygen atoms in total. The predicted octanol–water partition coefficient (Wildman–Crippen LogP) is 3.38. The van der Waals surface area contributed by atoms with Crippen LogP contribution >= 0.6 is 0 Å². The van der Waals surface area contributed by atoms with Gasteiger partial charge in [-0.15, -0.1) is 0 Å². The molecule has 0 bridgehead atoms. The Kier molecular flexibility index (Phi) is 19.5. The van der Waals surface area contributed by atoms with Crippen molar-refractivity contribution < 1.29 is 43.9 Å². The lowest BCUT2D eigenvalue weighted by atomic mass is 9.94. The van der Waals surface area contributed by atoms with Crippen LogP contribution in [-0.2, 0) is 23.8 Å². The molecule has 0 radical (unpaired) electrons. The summed E-state index contributed by atoms with van der Waals surface area (Å²) in [6, 6.07) is -0.970. The molecule has 2 amide bonds. The van der Waals surface area contributed by atoms with Crippen LogP contribution in [0.15, 0.2) is 12.2 Å². The fraction of sp³-hybridized carbons (Fsp3) is 0.833. The predicted molar refractivity (Wildman–Crippen MR) is 157 cm³/mol. The van der Waals surface area contributed by atoms with E-state index in [0.29, 0.717) is 0 Å². The number of nitrogens with one attached hydrogen (secondary N) is 2. The van der Waals surface area contributed by atoms with Crippen LogP contribution in [0.3, 0.4) is 0 Å². The third-order valence-corrected chi connectivity index (χ3v) is 6.71. The van der Waals surface area contributed by atoms with E-state index in [1.165, 1.54) is 45.3 Å². The van der Waals surface area contributed by atoms with Crippen molar-refractivity contribution in [3.8, 4) is 0 Å². The standard InChI is InChI=1S/C29H52N2O9.CH4/c1-6-7-8-9-10-11-12-13-18-39-28(37)40-20-14-15-21(26(35)30-19-20)31-27(36)25(38-5)24(34)23(33)22(32)16-17-29(2,3)4;/h16-17,20-25,32-34H,6-15,18-19H2,1-5H3,(H,30,35)(H,31,36);1H4/b17-16+;. The van der Waals surface area contributed by atoms with Gasteiger partial charge in [-0.05, 0) is 24.7 Å². The van der Waals surface area contributed by atoms with Gasteiger partial charge in [-0.2, -0.15) is 0 Å². The van der Waals surface area contributed by atoms with Crippen LogP contribution in [0, 0.1) is 5.41 Å². The summed E-state index contributed by atoms with van der Waals surface area (Å²) in [6.45, 7) is 8.24. The Hall–Kier alpha value is -2.21. The van der Waals surface area contributed by atoms with Crippen molar-refractivity contribution in [3.63, 3.8) is 0 Å². The quantitative estimate of drug-likeness (QED) is 0.0973. The summed E-state index contributed by atoms with van der Waals surface area (Å²) in [7, 11) is 1.17. The first kappa shape index (κ1) is 38.8. The lowest BCUT2D eigenvalue weighted by molar-refractivity contribution is -0.150. The van der Waals surface area contributed by atoms with Crippen LogP contribution < -0.4 is 10.6 Å².